The summed E-state index contributed by atoms with van der Waals surface area (Å²) in [5.41, 5.74) is 0. The molecular formula is C7H17F. The van der Waals surface area contributed by atoms with Crippen molar-refractivity contribution in [1.29, 1.82) is 0 Å². The van der Waals surface area contributed by atoms with Gasteiger partial charge in [0.05, 0.1) is 6.67 Å². The Labute approximate surface area is 52.1 Å². The summed E-state index contributed by atoms with van der Waals surface area (Å²) >= 11 is 0. The molecule has 8 heavy (non-hydrogen) atoms. The van der Waals surface area contributed by atoms with Crippen molar-refractivity contribution in [3.8, 4) is 0 Å². The Bertz CT molecular complexity index is 16.3. The monoisotopic (exact) mass is 120 g/mol. The van der Waals surface area contributed by atoms with Gasteiger partial charge in [-0.25, -0.2) is 0 Å². The summed E-state index contributed by atoms with van der Waals surface area (Å²) in [6.45, 7) is 5.92. The van der Waals surface area contributed by atoms with Crippen molar-refractivity contribution in [3.05, 3.63) is 0 Å². The van der Waals surface area contributed by atoms with Crippen molar-refractivity contribution in [2.45, 2.75) is 40.0 Å². The quantitative estimate of drug-likeness (QED) is 0.502. The molecule has 0 unspecified atom stereocenters. The zero-order valence-corrected chi connectivity index (χ0v) is 6.21. The molecular weight excluding hydrogens is 103 g/mol. The zero-order valence-electron chi connectivity index (χ0n) is 6.21. The Hall–Kier alpha value is -0.0700. The molecule has 0 radical (unpaired) electrons. The predicted molar refractivity (Wildman–Crippen MR) is 36.8 cm³/mol. The average molecular weight is 120 g/mol. The van der Waals surface area contributed by atoms with Crippen LogP contribution in [0.4, 0.5) is 4.39 Å². The van der Waals surface area contributed by atoms with Gasteiger partial charge >= 0.3 is 0 Å². The second-order valence-corrected chi connectivity index (χ2v) is 1.40. The molecule has 0 aliphatic carbocycles. The summed E-state index contributed by atoms with van der Waals surface area (Å²) in [6.07, 6.45) is 2.90. The molecule has 0 amide bonds. The fraction of sp³-hybridized carbons (Fsp3) is 1.00. The first-order valence-corrected chi connectivity index (χ1v) is 3.47. The van der Waals surface area contributed by atoms with Crippen LogP contribution in [-0.2, 0) is 0 Å². The molecule has 1 heteroatoms. The molecule has 0 rings (SSSR count). The number of unbranched alkanes of at least 4 members (excludes halogenated alkanes) is 2. The van der Waals surface area contributed by atoms with Gasteiger partial charge in [-0.2, -0.15) is 0 Å². The highest BCUT2D eigenvalue weighted by molar-refractivity contribution is 4.31. The van der Waals surface area contributed by atoms with Gasteiger partial charge in [0.15, 0.2) is 0 Å². The van der Waals surface area contributed by atoms with E-state index < -0.39 is 0 Å². The molecule has 0 heterocycles. The molecule has 52 valence electrons. The Morgan fingerprint density at radius 2 is 1.62 bits per heavy atom. The molecule has 0 spiro atoms. The first-order chi connectivity index (χ1) is 3.91. The Kier molecular flexibility index (Phi) is 21.4. The highest BCUT2D eigenvalue weighted by Crippen LogP contribution is 1.91. The van der Waals surface area contributed by atoms with Crippen molar-refractivity contribution >= 4 is 0 Å². The average Bonchev–Trinajstić information content (AvgIpc) is 1.88. The van der Waals surface area contributed by atoms with Crippen LogP contribution in [0.1, 0.15) is 40.0 Å². The van der Waals surface area contributed by atoms with Crippen LogP contribution in [0.5, 0.6) is 0 Å². The predicted octanol–water partition coefficient (Wildman–Crippen LogP) is 3.17. The molecule has 0 aromatic carbocycles. The second-order valence-electron chi connectivity index (χ2n) is 1.40. The van der Waals surface area contributed by atoms with Crippen molar-refractivity contribution in [1.82, 2.24) is 0 Å². The van der Waals surface area contributed by atoms with Crippen LogP contribution >= 0.6 is 0 Å². The topological polar surface area (TPSA) is 0 Å². The molecule has 0 saturated carbocycles. The molecule has 0 nitrogen and oxygen atoms in total. The van der Waals surface area contributed by atoms with Gasteiger partial charge in [0.25, 0.3) is 0 Å². The minimum atomic E-state index is -0.145. The fourth-order valence-corrected chi connectivity index (χ4v) is 0.344. The van der Waals surface area contributed by atoms with E-state index in [9.17, 15) is 4.39 Å². The highest BCUT2D eigenvalue weighted by Gasteiger charge is 1.78. The van der Waals surface area contributed by atoms with E-state index in [1.54, 1.807) is 0 Å². The third kappa shape index (κ3) is 16.8. The van der Waals surface area contributed by atoms with Gasteiger partial charge in [-0.15, -0.1) is 0 Å². The Balaban J connectivity index is 0. The van der Waals surface area contributed by atoms with Gasteiger partial charge in [-0.05, 0) is 6.42 Å². The van der Waals surface area contributed by atoms with E-state index in [-0.39, 0.29) is 6.67 Å². The van der Waals surface area contributed by atoms with Crippen molar-refractivity contribution in [2.24, 2.45) is 0 Å². The Morgan fingerprint density at radius 1 is 1.12 bits per heavy atom. The van der Waals surface area contributed by atoms with E-state index in [0.717, 1.165) is 19.3 Å². The van der Waals surface area contributed by atoms with Crippen LogP contribution in [-0.4, -0.2) is 6.67 Å². The van der Waals surface area contributed by atoms with E-state index in [1.165, 1.54) is 0 Å². The molecule has 0 aliphatic rings. The molecule has 0 fully saturated rings. The van der Waals surface area contributed by atoms with Crippen LogP contribution in [0.2, 0.25) is 0 Å². The van der Waals surface area contributed by atoms with Crippen molar-refractivity contribution in [2.75, 3.05) is 6.67 Å². The van der Waals surface area contributed by atoms with E-state index in [0.29, 0.717) is 0 Å². The zero-order chi connectivity index (χ0) is 6.83. The second kappa shape index (κ2) is 15.8. The molecule has 0 N–H and O–H groups in total. The summed E-state index contributed by atoms with van der Waals surface area (Å²) in [5, 5.41) is 0. The van der Waals surface area contributed by atoms with E-state index in [4.69, 9.17) is 0 Å². The molecule has 0 bridgehead atoms. The summed E-state index contributed by atoms with van der Waals surface area (Å²) in [5.74, 6) is 0. The highest BCUT2D eigenvalue weighted by atomic mass is 19.1. The largest absolute Gasteiger partial charge is 0.251 e. The van der Waals surface area contributed by atoms with Crippen LogP contribution < -0.4 is 0 Å². The summed E-state index contributed by atoms with van der Waals surface area (Å²) in [7, 11) is 0. The van der Waals surface area contributed by atoms with Gasteiger partial charge in [-0.1, -0.05) is 33.6 Å². The smallest absolute Gasteiger partial charge is 0.0894 e. The number of alkyl halides is 1. The van der Waals surface area contributed by atoms with E-state index in [2.05, 4.69) is 6.92 Å². The van der Waals surface area contributed by atoms with Crippen LogP contribution in [0.15, 0.2) is 0 Å². The lowest BCUT2D eigenvalue weighted by Crippen LogP contribution is -1.72. The third-order valence-corrected chi connectivity index (χ3v) is 0.737. The molecule has 0 aromatic heterocycles. The van der Waals surface area contributed by atoms with Gasteiger partial charge in [0.2, 0.25) is 0 Å². The minimum Gasteiger partial charge on any atom is -0.251 e. The van der Waals surface area contributed by atoms with Gasteiger partial charge in [-0.3, -0.25) is 4.39 Å². The maximum absolute atomic E-state index is 11.2. The minimum absolute atomic E-state index is 0.145. The molecule has 0 aliphatic heterocycles. The van der Waals surface area contributed by atoms with Gasteiger partial charge in [0, 0.05) is 0 Å². The maximum atomic E-state index is 11.2. The van der Waals surface area contributed by atoms with Gasteiger partial charge in [0.1, 0.15) is 0 Å². The Morgan fingerprint density at radius 3 is 1.75 bits per heavy atom. The lowest BCUT2D eigenvalue weighted by atomic mass is 10.3. The van der Waals surface area contributed by atoms with Crippen molar-refractivity contribution in [3.63, 3.8) is 0 Å². The molecule has 0 atom stereocenters. The van der Waals surface area contributed by atoms with Crippen LogP contribution in [0.25, 0.3) is 0 Å². The van der Waals surface area contributed by atoms with E-state index >= 15 is 0 Å². The van der Waals surface area contributed by atoms with Crippen molar-refractivity contribution < 1.29 is 4.39 Å². The summed E-state index contributed by atoms with van der Waals surface area (Å²) in [6, 6.07) is 0. The maximum Gasteiger partial charge on any atom is 0.0894 e. The SMILES string of the molecule is CC.CCCCCF. The molecule has 0 saturated heterocycles. The lowest BCUT2D eigenvalue weighted by Gasteiger charge is -1.84. The first kappa shape index (κ1) is 10.8. The number of rotatable bonds is 3. The standard InChI is InChI=1S/C5H11F.C2H6/c1-2-3-4-5-6;1-2/h2-5H2,1H3;1-2H3. The summed E-state index contributed by atoms with van der Waals surface area (Å²) in [4.78, 5) is 0. The number of halogens is 1. The van der Waals surface area contributed by atoms with Crippen LogP contribution in [0, 0.1) is 0 Å². The molecule has 0 aromatic rings. The normalized spacial score (nSPS) is 7.50. The third-order valence-electron chi connectivity index (χ3n) is 0.737. The summed E-state index contributed by atoms with van der Waals surface area (Å²) < 4.78 is 11.2. The van der Waals surface area contributed by atoms with E-state index in [1.807, 2.05) is 13.8 Å². The fourth-order valence-electron chi connectivity index (χ4n) is 0.344. The lowest BCUT2D eigenvalue weighted by molar-refractivity contribution is 0.460. The van der Waals surface area contributed by atoms with Gasteiger partial charge < -0.3 is 0 Å². The van der Waals surface area contributed by atoms with Crippen LogP contribution in [0.3, 0.4) is 0 Å². The number of hydrogen-bond acceptors (Lipinski definition) is 0. The number of hydrogen-bond donors (Lipinski definition) is 0. The first-order valence-electron chi connectivity index (χ1n) is 3.47.